The maximum atomic E-state index is 3.53. The van der Waals surface area contributed by atoms with Crippen LogP contribution in [0.2, 0.25) is 0 Å². The minimum atomic E-state index is 0.977. The van der Waals surface area contributed by atoms with Crippen LogP contribution < -0.4 is 9.80 Å². The van der Waals surface area contributed by atoms with E-state index in [0.717, 1.165) is 22.7 Å². The summed E-state index contributed by atoms with van der Waals surface area (Å²) in [4.78, 5) is 4.20. The molecule has 0 saturated heterocycles. The third kappa shape index (κ3) is 2.76. The number of hydrogen-bond donors (Lipinski definition) is 0. The van der Waals surface area contributed by atoms with Gasteiger partial charge in [-0.3, -0.25) is 0 Å². The van der Waals surface area contributed by atoms with Crippen molar-refractivity contribution in [1.29, 1.82) is 0 Å². The molecule has 4 aromatic carbocycles. The lowest BCUT2D eigenvalue weighted by Gasteiger charge is -2.24. The Kier molecular flexibility index (Phi) is 3.87. The average Bonchev–Trinajstić information content (AvgIpc) is 3.15. The van der Waals surface area contributed by atoms with E-state index in [1.807, 2.05) is 24.3 Å². The van der Waals surface area contributed by atoms with Crippen molar-refractivity contribution < 1.29 is 0 Å². The third-order valence-electron chi connectivity index (χ3n) is 4.73. The quantitative estimate of drug-likeness (QED) is 0.394. The SMILES string of the molecule is [C]1N(c2[c-]cccc2)c2ccccc2N1c1ccccc1-c1ccccc1. The summed E-state index contributed by atoms with van der Waals surface area (Å²) in [6, 6.07) is 38.6. The van der Waals surface area contributed by atoms with E-state index in [4.69, 9.17) is 0 Å². The molecule has 27 heavy (non-hydrogen) atoms. The molecule has 4 aromatic rings. The molecule has 1 aliphatic rings. The summed E-state index contributed by atoms with van der Waals surface area (Å²) in [5.74, 6) is 0. The molecular weight excluding hydrogens is 328 g/mol. The zero-order chi connectivity index (χ0) is 18.1. The number of para-hydroxylation sites is 4. The molecule has 128 valence electrons. The van der Waals surface area contributed by atoms with E-state index in [-0.39, 0.29) is 0 Å². The Morgan fingerprint density at radius 1 is 0.556 bits per heavy atom. The number of benzene rings is 4. The molecule has 0 aliphatic carbocycles. The molecular formula is C25H17N2-. The van der Waals surface area contributed by atoms with Crippen LogP contribution in [-0.4, -0.2) is 0 Å². The fraction of sp³-hybridized carbons (Fsp3) is 0. The van der Waals surface area contributed by atoms with Gasteiger partial charge in [0.15, 0.2) is 0 Å². The predicted molar refractivity (Wildman–Crippen MR) is 111 cm³/mol. The van der Waals surface area contributed by atoms with E-state index in [0.29, 0.717) is 0 Å². The van der Waals surface area contributed by atoms with Gasteiger partial charge in [0.1, 0.15) is 0 Å². The van der Waals surface area contributed by atoms with Gasteiger partial charge in [-0.05, 0) is 23.8 Å². The second kappa shape index (κ2) is 6.65. The van der Waals surface area contributed by atoms with Crippen LogP contribution in [-0.2, 0) is 0 Å². The van der Waals surface area contributed by atoms with Gasteiger partial charge in [0, 0.05) is 5.56 Å². The number of nitrogens with zero attached hydrogens (tertiary/aromatic N) is 2. The lowest BCUT2D eigenvalue weighted by molar-refractivity contribution is 1.13. The molecule has 0 amide bonds. The number of hydrogen-bond acceptors (Lipinski definition) is 2. The van der Waals surface area contributed by atoms with Crippen molar-refractivity contribution in [2.75, 3.05) is 9.80 Å². The fourth-order valence-electron chi connectivity index (χ4n) is 3.47. The minimum Gasteiger partial charge on any atom is -0.332 e. The molecule has 0 unspecified atom stereocenters. The normalized spacial score (nSPS) is 12.9. The van der Waals surface area contributed by atoms with Crippen LogP contribution in [0.15, 0.2) is 103 Å². The molecule has 0 bridgehead atoms. The topological polar surface area (TPSA) is 6.48 Å². The Morgan fingerprint density at radius 2 is 1.19 bits per heavy atom. The zero-order valence-corrected chi connectivity index (χ0v) is 14.7. The van der Waals surface area contributed by atoms with Crippen LogP contribution in [0.4, 0.5) is 22.7 Å². The molecule has 2 radical (unpaired) electrons. The lowest BCUT2D eigenvalue weighted by Crippen LogP contribution is -2.18. The summed E-state index contributed by atoms with van der Waals surface area (Å²) in [7, 11) is 0. The monoisotopic (exact) mass is 345 g/mol. The van der Waals surface area contributed by atoms with Crippen molar-refractivity contribution in [2.24, 2.45) is 0 Å². The summed E-state index contributed by atoms with van der Waals surface area (Å²) < 4.78 is 0. The average molecular weight is 345 g/mol. The second-order valence-corrected chi connectivity index (χ2v) is 6.39. The van der Waals surface area contributed by atoms with Crippen LogP contribution in [0.1, 0.15) is 0 Å². The van der Waals surface area contributed by atoms with Gasteiger partial charge < -0.3 is 9.80 Å². The van der Waals surface area contributed by atoms with E-state index >= 15 is 0 Å². The van der Waals surface area contributed by atoms with Crippen LogP contribution in [0, 0.1) is 12.7 Å². The summed E-state index contributed by atoms with van der Waals surface area (Å²) in [6.45, 7) is 3.53. The van der Waals surface area contributed by atoms with Gasteiger partial charge in [-0.15, -0.1) is 6.07 Å². The summed E-state index contributed by atoms with van der Waals surface area (Å²) in [6.07, 6.45) is 0. The molecule has 5 rings (SSSR count). The predicted octanol–water partition coefficient (Wildman–Crippen LogP) is 6.44. The maximum absolute atomic E-state index is 3.53. The van der Waals surface area contributed by atoms with Crippen LogP contribution >= 0.6 is 0 Å². The minimum absolute atomic E-state index is 0.977. The van der Waals surface area contributed by atoms with Gasteiger partial charge in [-0.25, -0.2) is 0 Å². The van der Waals surface area contributed by atoms with Gasteiger partial charge in [0.05, 0.1) is 17.1 Å². The van der Waals surface area contributed by atoms with Gasteiger partial charge >= 0.3 is 0 Å². The molecule has 0 atom stereocenters. The molecule has 1 aliphatic heterocycles. The molecule has 1 heterocycles. The molecule has 2 heteroatoms. The molecule has 0 fully saturated rings. The lowest BCUT2D eigenvalue weighted by atomic mass is 10.0. The van der Waals surface area contributed by atoms with Crippen molar-refractivity contribution in [3.63, 3.8) is 0 Å². The third-order valence-corrected chi connectivity index (χ3v) is 4.73. The van der Waals surface area contributed by atoms with Crippen molar-refractivity contribution in [2.45, 2.75) is 0 Å². The van der Waals surface area contributed by atoms with Crippen molar-refractivity contribution in [1.82, 2.24) is 0 Å². The Hall–Kier alpha value is -3.52. The van der Waals surface area contributed by atoms with E-state index in [1.165, 1.54) is 11.1 Å². The van der Waals surface area contributed by atoms with E-state index in [9.17, 15) is 0 Å². The molecule has 0 saturated carbocycles. The fourth-order valence-corrected chi connectivity index (χ4v) is 3.47. The standard InChI is InChI=1S/C25H17N2/c1-3-11-20(12-4-1)22-15-7-8-16-23(22)27-19-26(21-13-5-2-6-14-21)24-17-9-10-18-25(24)27/h1-13,15-18H/q-1. The van der Waals surface area contributed by atoms with Gasteiger partial charge in [0.2, 0.25) is 6.67 Å². The highest BCUT2D eigenvalue weighted by Gasteiger charge is 2.29. The van der Waals surface area contributed by atoms with Gasteiger partial charge in [-0.2, -0.15) is 24.3 Å². The highest BCUT2D eigenvalue weighted by atomic mass is 15.4. The number of fused-ring (bicyclic) bond motifs is 1. The Labute approximate surface area is 159 Å². The zero-order valence-electron chi connectivity index (χ0n) is 14.7. The Balaban J connectivity index is 1.64. The first-order valence-electron chi connectivity index (χ1n) is 8.98. The van der Waals surface area contributed by atoms with E-state index < -0.39 is 0 Å². The summed E-state index contributed by atoms with van der Waals surface area (Å²) >= 11 is 0. The van der Waals surface area contributed by atoms with Gasteiger partial charge in [0.25, 0.3) is 0 Å². The maximum Gasteiger partial charge on any atom is 0.216 e. The number of rotatable bonds is 3. The van der Waals surface area contributed by atoms with Crippen LogP contribution in [0.25, 0.3) is 11.1 Å². The first kappa shape index (κ1) is 15.7. The molecule has 0 N–H and O–H groups in total. The van der Waals surface area contributed by atoms with Gasteiger partial charge in [-0.1, -0.05) is 66.4 Å². The van der Waals surface area contributed by atoms with Crippen LogP contribution in [0.3, 0.4) is 0 Å². The molecule has 2 nitrogen and oxygen atoms in total. The van der Waals surface area contributed by atoms with Crippen LogP contribution in [0.5, 0.6) is 0 Å². The largest absolute Gasteiger partial charge is 0.332 e. The highest BCUT2D eigenvalue weighted by molar-refractivity contribution is 5.93. The van der Waals surface area contributed by atoms with Crippen molar-refractivity contribution in [3.8, 4) is 11.1 Å². The van der Waals surface area contributed by atoms with E-state index in [2.05, 4.69) is 101 Å². The highest BCUT2D eigenvalue weighted by Crippen LogP contribution is 2.48. The van der Waals surface area contributed by atoms with E-state index in [1.54, 1.807) is 0 Å². The summed E-state index contributed by atoms with van der Waals surface area (Å²) in [5.41, 5.74) is 6.66. The first-order chi connectivity index (χ1) is 13.4. The second-order valence-electron chi connectivity index (χ2n) is 6.39. The molecule has 0 aromatic heterocycles. The van der Waals surface area contributed by atoms with Crippen molar-refractivity contribution in [3.05, 3.63) is 116 Å². The smallest absolute Gasteiger partial charge is 0.216 e. The number of anilines is 4. The Morgan fingerprint density at radius 3 is 1.93 bits per heavy atom. The summed E-state index contributed by atoms with van der Waals surface area (Å²) in [5, 5.41) is 0. The molecule has 0 spiro atoms. The van der Waals surface area contributed by atoms with Crippen molar-refractivity contribution >= 4 is 22.7 Å². The first-order valence-corrected chi connectivity index (χ1v) is 8.98. The Bertz CT molecular complexity index is 1060.